The molecule has 1 aliphatic carbocycles. The standard InChI is InChI=1S/C24H34ClNO6/c25-22-16-23(28)21(17-32-19-6-4-5-18(27)15-19)20(22)7-2-1-3-8-24(29)31-14-11-26-9-12-30-13-10-26/h1-2,4-6,15,20-23,27-28H,3,7-14,16-17H2/b2-1-/t20-,21-,22-,23-/m1/s1. The molecule has 3 rings (SSSR count). The molecule has 8 heteroatoms. The molecule has 7 nitrogen and oxygen atoms in total. The van der Waals surface area contributed by atoms with Gasteiger partial charge in [0, 0.05) is 43.4 Å². The number of morpholine rings is 1. The fraction of sp³-hybridized carbons (Fsp3) is 0.625. The Morgan fingerprint density at radius 1 is 1.25 bits per heavy atom. The number of aliphatic hydroxyl groups is 1. The molecular weight excluding hydrogens is 434 g/mol. The van der Waals surface area contributed by atoms with Crippen molar-refractivity contribution in [1.82, 2.24) is 4.90 Å². The molecule has 0 spiro atoms. The average Bonchev–Trinajstić information content (AvgIpc) is 3.05. The number of allylic oxidation sites excluding steroid dienone is 2. The number of ether oxygens (including phenoxy) is 3. The SMILES string of the molecule is O=C(CC/C=C\C[C@@H]1[C@@H](COc2cccc(O)c2)[C@H](O)C[C@H]1Cl)OCCN1CCOCC1. The molecule has 2 fully saturated rings. The molecule has 2 N–H and O–H groups in total. The Morgan fingerprint density at radius 2 is 2.06 bits per heavy atom. The van der Waals surface area contributed by atoms with Gasteiger partial charge in [-0.3, -0.25) is 9.69 Å². The summed E-state index contributed by atoms with van der Waals surface area (Å²) in [4.78, 5) is 14.1. The van der Waals surface area contributed by atoms with Crippen molar-refractivity contribution in [2.45, 2.75) is 37.2 Å². The second-order valence-electron chi connectivity index (χ2n) is 8.38. The van der Waals surface area contributed by atoms with Crippen LogP contribution in [0.3, 0.4) is 0 Å². The molecule has 1 saturated heterocycles. The number of halogens is 1. The second-order valence-corrected chi connectivity index (χ2v) is 8.94. The highest BCUT2D eigenvalue weighted by molar-refractivity contribution is 6.21. The van der Waals surface area contributed by atoms with E-state index < -0.39 is 6.10 Å². The maximum atomic E-state index is 11.9. The summed E-state index contributed by atoms with van der Waals surface area (Å²) in [7, 11) is 0. The third-order valence-corrected chi connectivity index (χ3v) is 6.60. The summed E-state index contributed by atoms with van der Waals surface area (Å²) in [6.07, 6.45) is 5.69. The number of hydrogen-bond donors (Lipinski definition) is 2. The molecule has 0 aromatic heterocycles. The molecule has 0 amide bonds. The highest BCUT2D eigenvalue weighted by atomic mass is 35.5. The minimum Gasteiger partial charge on any atom is -0.508 e. The quantitative estimate of drug-likeness (QED) is 0.294. The van der Waals surface area contributed by atoms with Crippen LogP contribution in [0.5, 0.6) is 11.5 Å². The Hall–Kier alpha value is -1.80. The van der Waals surface area contributed by atoms with Crippen molar-refractivity contribution in [3.8, 4) is 11.5 Å². The number of carbonyl (C=O) groups excluding carboxylic acids is 1. The normalized spacial score (nSPS) is 26.4. The summed E-state index contributed by atoms with van der Waals surface area (Å²) in [6.45, 7) is 4.75. The van der Waals surface area contributed by atoms with Crippen LogP contribution < -0.4 is 4.74 Å². The van der Waals surface area contributed by atoms with Crippen LogP contribution >= 0.6 is 11.6 Å². The third kappa shape index (κ3) is 7.96. The second kappa shape index (κ2) is 13.0. The first-order valence-electron chi connectivity index (χ1n) is 11.4. The van der Waals surface area contributed by atoms with Crippen molar-refractivity contribution in [1.29, 1.82) is 0 Å². The van der Waals surface area contributed by atoms with E-state index in [1.807, 2.05) is 12.2 Å². The van der Waals surface area contributed by atoms with E-state index in [1.165, 1.54) is 0 Å². The maximum Gasteiger partial charge on any atom is 0.306 e. The predicted octanol–water partition coefficient (Wildman–Crippen LogP) is 2.98. The van der Waals surface area contributed by atoms with Crippen molar-refractivity contribution < 1.29 is 29.2 Å². The molecule has 0 unspecified atom stereocenters. The lowest BCUT2D eigenvalue weighted by Crippen LogP contribution is -2.38. The van der Waals surface area contributed by atoms with Crippen LogP contribution in [0.25, 0.3) is 0 Å². The van der Waals surface area contributed by atoms with Gasteiger partial charge in [0.15, 0.2) is 0 Å². The van der Waals surface area contributed by atoms with E-state index in [0.29, 0.717) is 44.6 Å². The zero-order valence-electron chi connectivity index (χ0n) is 18.4. The van der Waals surface area contributed by atoms with Crippen LogP contribution in [0, 0.1) is 11.8 Å². The Balaban J connectivity index is 1.34. The molecule has 4 atom stereocenters. The van der Waals surface area contributed by atoms with Gasteiger partial charge in [0.2, 0.25) is 0 Å². The lowest BCUT2D eigenvalue weighted by molar-refractivity contribution is -0.144. The third-order valence-electron chi connectivity index (χ3n) is 6.10. The van der Waals surface area contributed by atoms with Crippen molar-refractivity contribution in [3.05, 3.63) is 36.4 Å². The number of benzene rings is 1. The van der Waals surface area contributed by atoms with Crippen LogP contribution in [-0.2, 0) is 14.3 Å². The number of aromatic hydroxyl groups is 1. The van der Waals surface area contributed by atoms with E-state index in [2.05, 4.69) is 4.90 Å². The topological polar surface area (TPSA) is 88.5 Å². The number of rotatable bonds is 11. The summed E-state index contributed by atoms with van der Waals surface area (Å²) in [5.74, 6) is 0.516. The van der Waals surface area contributed by atoms with Gasteiger partial charge < -0.3 is 24.4 Å². The molecular formula is C24H34ClNO6. The smallest absolute Gasteiger partial charge is 0.306 e. The summed E-state index contributed by atoms with van der Waals surface area (Å²) in [5.41, 5.74) is 0. The van der Waals surface area contributed by atoms with Crippen LogP contribution in [0.15, 0.2) is 36.4 Å². The summed E-state index contributed by atoms with van der Waals surface area (Å²) in [6, 6.07) is 6.62. The van der Waals surface area contributed by atoms with E-state index in [-0.39, 0.29) is 28.9 Å². The van der Waals surface area contributed by atoms with E-state index in [0.717, 1.165) is 32.8 Å². The van der Waals surface area contributed by atoms with E-state index in [4.69, 9.17) is 25.8 Å². The number of aliphatic hydroxyl groups excluding tert-OH is 1. The molecule has 1 saturated carbocycles. The molecule has 1 aliphatic heterocycles. The largest absolute Gasteiger partial charge is 0.508 e. The number of carbonyl (C=O) groups is 1. The first-order chi connectivity index (χ1) is 15.5. The van der Waals surface area contributed by atoms with Crippen LogP contribution in [0.4, 0.5) is 0 Å². The highest BCUT2D eigenvalue weighted by Gasteiger charge is 2.41. The van der Waals surface area contributed by atoms with Gasteiger partial charge in [-0.1, -0.05) is 18.2 Å². The van der Waals surface area contributed by atoms with Crippen LogP contribution in [0.1, 0.15) is 25.7 Å². The molecule has 32 heavy (non-hydrogen) atoms. The zero-order chi connectivity index (χ0) is 22.8. The monoisotopic (exact) mass is 467 g/mol. The van der Waals surface area contributed by atoms with Crippen LogP contribution in [-0.4, -0.2) is 78.6 Å². The Kier molecular flexibility index (Phi) is 10.1. The lowest BCUT2D eigenvalue weighted by Gasteiger charge is -2.26. The Morgan fingerprint density at radius 3 is 2.84 bits per heavy atom. The highest BCUT2D eigenvalue weighted by Crippen LogP contribution is 2.39. The molecule has 1 aromatic rings. The number of hydrogen-bond acceptors (Lipinski definition) is 7. The lowest BCUT2D eigenvalue weighted by atomic mass is 9.92. The van der Waals surface area contributed by atoms with Gasteiger partial charge in [-0.15, -0.1) is 11.6 Å². The fourth-order valence-corrected chi connectivity index (χ4v) is 4.69. The van der Waals surface area contributed by atoms with Gasteiger partial charge >= 0.3 is 5.97 Å². The number of esters is 1. The van der Waals surface area contributed by atoms with Gasteiger partial charge in [-0.2, -0.15) is 0 Å². The van der Waals surface area contributed by atoms with Gasteiger partial charge in [0.05, 0.1) is 25.9 Å². The minimum absolute atomic E-state index is 0.0840. The Bertz CT molecular complexity index is 739. The maximum absolute atomic E-state index is 11.9. The molecule has 1 aromatic carbocycles. The minimum atomic E-state index is -0.519. The zero-order valence-corrected chi connectivity index (χ0v) is 19.2. The predicted molar refractivity (Wildman–Crippen MR) is 122 cm³/mol. The number of phenolic OH excluding ortho intramolecular Hbond substituents is 1. The van der Waals surface area contributed by atoms with Gasteiger partial charge in [0.1, 0.15) is 18.1 Å². The number of nitrogens with zero attached hydrogens (tertiary/aromatic N) is 1. The first-order valence-corrected chi connectivity index (χ1v) is 11.8. The Labute approximate surface area is 194 Å². The summed E-state index contributed by atoms with van der Waals surface area (Å²) < 4.78 is 16.4. The van der Waals surface area contributed by atoms with Gasteiger partial charge in [0.25, 0.3) is 0 Å². The summed E-state index contributed by atoms with van der Waals surface area (Å²) >= 11 is 6.48. The van der Waals surface area contributed by atoms with Gasteiger partial charge in [-0.05, 0) is 37.3 Å². The number of alkyl halides is 1. The van der Waals surface area contributed by atoms with Crippen LogP contribution in [0.2, 0.25) is 0 Å². The number of phenols is 1. The van der Waals surface area contributed by atoms with Gasteiger partial charge in [-0.25, -0.2) is 0 Å². The van der Waals surface area contributed by atoms with Crippen molar-refractivity contribution in [2.75, 3.05) is 46.1 Å². The average molecular weight is 468 g/mol. The molecule has 2 aliphatic rings. The molecule has 1 heterocycles. The molecule has 0 radical (unpaired) electrons. The van der Waals surface area contributed by atoms with Crippen molar-refractivity contribution >= 4 is 17.6 Å². The van der Waals surface area contributed by atoms with E-state index >= 15 is 0 Å². The first kappa shape index (κ1) is 24.8. The molecule has 0 bridgehead atoms. The van der Waals surface area contributed by atoms with E-state index in [9.17, 15) is 15.0 Å². The summed E-state index contributed by atoms with van der Waals surface area (Å²) in [5, 5.41) is 19.8. The molecule has 178 valence electrons. The fourth-order valence-electron chi connectivity index (χ4n) is 4.21. The van der Waals surface area contributed by atoms with E-state index in [1.54, 1.807) is 24.3 Å². The van der Waals surface area contributed by atoms with Crippen molar-refractivity contribution in [3.63, 3.8) is 0 Å². The van der Waals surface area contributed by atoms with Crippen molar-refractivity contribution in [2.24, 2.45) is 11.8 Å².